The molecule has 1 aliphatic rings. The number of nitrogens with zero attached hydrogens (tertiary/aromatic N) is 2. The molecule has 4 nitrogen and oxygen atoms in total. The number of rotatable bonds is 3. The number of carboxylic acids is 1. The number of hydrogen-bond donors (Lipinski definition) is 1. The topological polar surface area (TPSA) is 64.3 Å². The molecule has 1 fully saturated rings. The Morgan fingerprint density at radius 1 is 1.63 bits per heavy atom. The maximum atomic E-state index is 11.3. The molecule has 1 aromatic rings. The Morgan fingerprint density at radius 2 is 2.42 bits per heavy atom. The zero-order valence-corrected chi connectivity index (χ0v) is 12.1. The predicted molar refractivity (Wildman–Crippen MR) is 79.0 cm³/mol. The lowest BCUT2D eigenvalue weighted by Gasteiger charge is -2.35. The molecule has 1 heterocycles. The van der Waals surface area contributed by atoms with Crippen molar-refractivity contribution in [2.45, 2.75) is 10.9 Å². The van der Waals surface area contributed by atoms with Crippen LogP contribution in [-0.4, -0.2) is 41.4 Å². The summed E-state index contributed by atoms with van der Waals surface area (Å²) in [7, 11) is 0. The second-order valence-corrected chi connectivity index (χ2v) is 6.09. The quantitative estimate of drug-likeness (QED) is 0.863. The third kappa shape index (κ3) is 2.82. The Hall–Kier alpha value is -1.32. The van der Waals surface area contributed by atoms with E-state index in [9.17, 15) is 15.2 Å². The van der Waals surface area contributed by atoms with Gasteiger partial charge in [-0.25, -0.2) is 4.79 Å². The van der Waals surface area contributed by atoms with Crippen molar-refractivity contribution >= 4 is 35.2 Å². The van der Waals surface area contributed by atoms with Crippen LogP contribution in [0.2, 0.25) is 0 Å². The van der Waals surface area contributed by atoms with Crippen LogP contribution in [0.3, 0.4) is 0 Å². The Morgan fingerprint density at radius 3 is 3.05 bits per heavy atom. The van der Waals surface area contributed by atoms with Crippen LogP contribution in [0.4, 0.5) is 5.69 Å². The van der Waals surface area contributed by atoms with Crippen LogP contribution in [0.15, 0.2) is 23.1 Å². The second kappa shape index (κ2) is 6.22. The fourth-order valence-corrected chi connectivity index (χ4v) is 3.75. The SMILES string of the molecule is CSc1cccc(N2CCSCC2C(=O)O)c1C#N. The smallest absolute Gasteiger partial charge is 0.327 e. The first kappa shape index (κ1) is 14.1. The van der Waals surface area contributed by atoms with E-state index in [1.165, 1.54) is 11.8 Å². The van der Waals surface area contributed by atoms with Gasteiger partial charge in [0.15, 0.2) is 0 Å². The molecule has 1 aromatic carbocycles. The fraction of sp³-hybridized carbons (Fsp3) is 0.385. The number of benzene rings is 1. The van der Waals surface area contributed by atoms with Crippen LogP contribution in [0.5, 0.6) is 0 Å². The summed E-state index contributed by atoms with van der Waals surface area (Å²) in [6.45, 7) is 0.661. The summed E-state index contributed by atoms with van der Waals surface area (Å²) in [5.74, 6) is 0.618. The molecule has 19 heavy (non-hydrogen) atoms. The molecule has 1 aliphatic heterocycles. The van der Waals surface area contributed by atoms with Gasteiger partial charge >= 0.3 is 5.97 Å². The summed E-state index contributed by atoms with van der Waals surface area (Å²) in [6, 6.07) is 7.26. The van der Waals surface area contributed by atoms with Gasteiger partial charge in [-0.15, -0.1) is 11.8 Å². The number of carbonyl (C=O) groups is 1. The van der Waals surface area contributed by atoms with Crippen molar-refractivity contribution in [1.29, 1.82) is 5.26 Å². The molecule has 0 saturated carbocycles. The highest BCUT2D eigenvalue weighted by atomic mass is 32.2. The molecule has 0 spiro atoms. The van der Waals surface area contributed by atoms with E-state index in [4.69, 9.17) is 0 Å². The predicted octanol–water partition coefficient (Wildman–Crippen LogP) is 2.29. The fourth-order valence-electron chi connectivity index (χ4n) is 2.14. The van der Waals surface area contributed by atoms with Crippen LogP contribution >= 0.6 is 23.5 Å². The van der Waals surface area contributed by atoms with Crippen molar-refractivity contribution in [3.8, 4) is 6.07 Å². The van der Waals surface area contributed by atoms with E-state index in [-0.39, 0.29) is 0 Å². The lowest BCUT2D eigenvalue weighted by molar-refractivity contribution is -0.138. The van der Waals surface area contributed by atoms with Gasteiger partial charge in [0.25, 0.3) is 0 Å². The summed E-state index contributed by atoms with van der Waals surface area (Å²) in [5.41, 5.74) is 1.32. The molecule has 0 aromatic heterocycles. The van der Waals surface area contributed by atoms with Crippen LogP contribution < -0.4 is 4.90 Å². The van der Waals surface area contributed by atoms with Gasteiger partial charge in [0.05, 0.1) is 11.3 Å². The van der Waals surface area contributed by atoms with E-state index in [2.05, 4.69) is 6.07 Å². The standard InChI is InChI=1S/C13H14N2O2S2/c1-18-12-4-2-3-10(9(12)7-14)15-5-6-19-8-11(15)13(16)17/h2-4,11H,5-6,8H2,1H3,(H,16,17). The second-order valence-electron chi connectivity index (χ2n) is 4.09. The van der Waals surface area contributed by atoms with Gasteiger partial charge in [-0.2, -0.15) is 17.0 Å². The number of aliphatic carboxylic acids is 1. The first-order valence-corrected chi connectivity index (χ1v) is 8.21. The molecular weight excluding hydrogens is 280 g/mol. The van der Waals surface area contributed by atoms with Crippen molar-refractivity contribution in [2.75, 3.05) is 29.2 Å². The van der Waals surface area contributed by atoms with E-state index in [1.54, 1.807) is 11.8 Å². The third-order valence-corrected chi connectivity index (χ3v) is 4.86. The maximum Gasteiger partial charge on any atom is 0.327 e. The molecule has 0 amide bonds. The van der Waals surface area contributed by atoms with Gasteiger partial charge in [0.1, 0.15) is 12.1 Å². The lowest BCUT2D eigenvalue weighted by atomic mass is 10.1. The Kier molecular flexibility index (Phi) is 4.61. The minimum atomic E-state index is -0.828. The normalized spacial score (nSPS) is 18.9. The van der Waals surface area contributed by atoms with E-state index in [0.29, 0.717) is 17.9 Å². The van der Waals surface area contributed by atoms with Crippen LogP contribution in [0.1, 0.15) is 5.56 Å². The summed E-state index contributed by atoms with van der Waals surface area (Å²) in [6.07, 6.45) is 1.92. The molecule has 1 N–H and O–H groups in total. The molecule has 0 radical (unpaired) electrons. The van der Waals surface area contributed by atoms with E-state index < -0.39 is 12.0 Å². The molecule has 2 rings (SSSR count). The van der Waals surface area contributed by atoms with Gasteiger partial charge < -0.3 is 10.0 Å². The van der Waals surface area contributed by atoms with Crippen molar-refractivity contribution < 1.29 is 9.90 Å². The molecule has 100 valence electrons. The number of thioether (sulfide) groups is 2. The molecule has 6 heteroatoms. The van der Waals surface area contributed by atoms with Crippen molar-refractivity contribution in [3.05, 3.63) is 23.8 Å². The third-order valence-electron chi connectivity index (χ3n) is 3.06. The van der Waals surface area contributed by atoms with Crippen molar-refractivity contribution in [2.24, 2.45) is 0 Å². The zero-order chi connectivity index (χ0) is 13.8. The first-order chi connectivity index (χ1) is 9.19. The number of anilines is 1. The van der Waals surface area contributed by atoms with E-state index in [1.807, 2.05) is 29.4 Å². The van der Waals surface area contributed by atoms with Gasteiger partial charge in [-0.1, -0.05) is 6.07 Å². The molecular formula is C13H14N2O2S2. The molecule has 1 unspecified atom stereocenters. The van der Waals surface area contributed by atoms with Crippen LogP contribution in [0, 0.1) is 11.3 Å². The zero-order valence-electron chi connectivity index (χ0n) is 10.5. The number of hydrogen-bond acceptors (Lipinski definition) is 5. The van der Waals surface area contributed by atoms with E-state index >= 15 is 0 Å². The van der Waals surface area contributed by atoms with Crippen molar-refractivity contribution in [1.82, 2.24) is 0 Å². The van der Waals surface area contributed by atoms with Gasteiger partial charge in [0, 0.05) is 22.9 Å². The van der Waals surface area contributed by atoms with Crippen LogP contribution in [0.25, 0.3) is 0 Å². The summed E-state index contributed by atoms with van der Waals surface area (Å²) >= 11 is 3.15. The van der Waals surface area contributed by atoms with Crippen molar-refractivity contribution in [3.63, 3.8) is 0 Å². The molecule has 0 bridgehead atoms. The monoisotopic (exact) mass is 294 g/mol. The Balaban J connectivity index is 2.45. The summed E-state index contributed by atoms with van der Waals surface area (Å²) in [5, 5.41) is 18.7. The molecule has 1 saturated heterocycles. The number of nitriles is 1. The molecule has 0 aliphatic carbocycles. The highest BCUT2D eigenvalue weighted by Crippen LogP contribution is 2.32. The first-order valence-electron chi connectivity index (χ1n) is 5.83. The van der Waals surface area contributed by atoms with Crippen LogP contribution in [-0.2, 0) is 4.79 Å². The van der Waals surface area contributed by atoms with Gasteiger partial charge in [-0.05, 0) is 18.4 Å². The maximum absolute atomic E-state index is 11.3. The largest absolute Gasteiger partial charge is 0.480 e. The van der Waals surface area contributed by atoms with E-state index in [0.717, 1.165) is 16.3 Å². The minimum absolute atomic E-state index is 0.553. The Bertz CT molecular complexity index is 528. The lowest BCUT2D eigenvalue weighted by Crippen LogP contribution is -2.47. The average molecular weight is 294 g/mol. The minimum Gasteiger partial charge on any atom is -0.480 e. The number of carboxylic acid groups (broad SMARTS) is 1. The summed E-state index contributed by atoms with van der Waals surface area (Å²) in [4.78, 5) is 14.1. The van der Waals surface area contributed by atoms with Gasteiger partial charge in [-0.3, -0.25) is 0 Å². The molecule has 1 atom stereocenters. The Labute approximate surface area is 120 Å². The summed E-state index contributed by atoms with van der Waals surface area (Å²) < 4.78 is 0. The highest BCUT2D eigenvalue weighted by Gasteiger charge is 2.30. The highest BCUT2D eigenvalue weighted by molar-refractivity contribution is 7.99. The van der Waals surface area contributed by atoms with Gasteiger partial charge in [0.2, 0.25) is 0 Å². The average Bonchev–Trinajstić information content (AvgIpc) is 2.46.